The van der Waals surface area contributed by atoms with Gasteiger partial charge in [0.1, 0.15) is 5.39 Å². The van der Waals surface area contributed by atoms with Crippen molar-refractivity contribution < 1.29 is 13.9 Å². The highest BCUT2D eigenvalue weighted by molar-refractivity contribution is 5.75. The minimum atomic E-state index is -0.530. The van der Waals surface area contributed by atoms with Gasteiger partial charge in [-0.25, -0.2) is 4.79 Å². The van der Waals surface area contributed by atoms with Crippen molar-refractivity contribution in [1.82, 2.24) is 9.97 Å². The minimum absolute atomic E-state index is 0.000147. The molecule has 0 aliphatic heterocycles. The molecule has 7 heteroatoms. The fourth-order valence-electron chi connectivity index (χ4n) is 1.85. The lowest BCUT2D eigenvalue weighted by Gasteiger charge is -2.06. The van der Waals surface area contributed by atoms with Crippen LogP contribution in [0.2, 0.25) is 0 Å². The summed E-state index contributed by atoms with van der Waals surface area (Å²) in [6.07, 6.45) is 1.21. The number of aromatic nitrogens is 2. The molecule has 7 nitrogen and oxygen atoms in total. The lowest BCUT2D eigenvalue weighted by Crippen LogP contribution is -2.15. The Morgan fingerprint density at radius 3 is 2.85 bits per heavy atom. The Labute approximate surface area is 114 Å². The average molecular weight is 280 g/mol. The number of nitrogens with zero attached hydrogens (tertiary/aromatic N) is 1. The van der Waals surface area contributed by atoms with Crippen LogP contribution in [0.3, 0.4) is 0 Å². The number of hydrogen-bond donors (Lipinski definition) is 1. The Morgan fingerprint density at radius 2 is 2.15 bits per heavy atom. The van der Waals surface area contributed by atoms with Crippen LogP contribution in [0.25, 0.3) is 11.1 Å². The van der Waals surface area contributed by atoms with Crippen LogP contribution in [0.4, 0.5) is 0 Å². The fraction of sp³-hybridized carbons (Fsp3) is 0.462. The van der Waals surface area contributed by atoms with Gasteiger partial charge in [0.25, 0.3) is 11.6 Å². The van der Waals surface area contributed by atoms with E-state index in [2.05, 4.69) is 9.97 Å². The van der Waals surface area contributed by atoms with Crippen LogP contribution in [0.15, 0.2) is 20.1 Å². The van der Waals surface area contributed by atoms with E-state index in [0.717, 1.165) is 0 Å². The summed E-state index contributed by atoms with van der Waals surface area (Å²) in [6, 6.07) is 1.34. The predicted octanol–water partition coefficient (Wildman–Crippen LogP) is 0.854. The van der Waals surface area contributed by atoms with Gasteiger partial charge in [0.05, 0.1) is 6.61 Å². The van der Waals surface area contributed by atoms with Crippen LogP contribution in [-0.4, -0.2) is 30.3 Å². The second-order valence-corrected chi connectivity index (χ2v) is 4.19. The molecule has 0 bridgehead atoms. The number of H-pyrrole nitrogens is 1. The van der Waals surface area contributed by atoms with Gasteiger partial charge in [-0.1, -0.05) is 6.92 Å². The normalized spacial score (nSPS) is 10.9. The molecule has 0 unspecified atom stereocenters. The molecule has 2 aromatic rings. The molecule has 20 heavy (non-hydrogen) atoms. The molecule has 0 saturated heterocycles. The van der Waals surface area contributed by atoms with Gasteiger partial charge in [-0.3, -0.25) is 9.78 Å². The molecule has 0 aliphatic rings. The smallest absolute Gasteiger partial charge is 0.337 e. The lowest BCUT2D eigenvalue weighted by molar-refractivity contribution is 0.168. The Morgan fingerprint density at radius 1 is 1.35 bits per heavy atom. The van der Waals surface area contributed by atoms with E-state index in [1.165, 1.54) is 6.07 Å². The molecule has 0 aromatic carbocycles. The number of nitrogens with one attached hydrogen (secondary N) is 1. The molecule has 2 rings (SSSR count). The first-order valence-corrected chi connectivity index (χ1v) is 6.34. The zero-order valence-electron chi connectivity index (χ0n) is 11.4. The standard InChI is InChI=1S/C13H16N2O5/c1-3-8-7-9(16)20-12-10(8)11(17)14-13(15-12)19-6-4-5-18-2/h7H,3-6H2,1-2H3,(H,14,15,17). The quantitative estimate of drug-likeness (QED) is 0.788. The maximum Gasteiger partial charge on any atom is 0.337 e. The van der Waals surface area contributed by atoms with Crippen LogP contribution in [0, 0.1) is 0 Å². The fourth-order valence-corrected chi connectivity index (χ4v) is 1.85. The van der Waals surface area contributed by atoms with Crippen LogP contribution in [-0.2, 0) is 11.2 Å². The monoisotopic (exact) mass is 280 g/mol. The maximum absolute atomic E-state index is 12.0. The van der Waals surface area contributed by atoms with Crippen molar-refractivity contribution in [2.75, 3.05) is 20.3 Å². The van der Waals surface area contributed by atoms with Gasteiger partial charge in [-0.05, 0) is 12.0 Å². The predicted molar refractivity (Wildman–Crippen MR) is 72.3 cm³/mol. The van der Waals surface area contributed by atoms with Crippen molar-refractivity contribution in [2.24, 2.45) is 0 Å². The number of aromatic amines is 1. The summed E-state index contributed by atoms with van der Waals surface area (Å²) < 4.78 is 15.2. The summed E-state index contributed by atoms with van der Waals surface area (Å²) in [5.74, 6) is 0. The number of fused-ring (bicyclic) bond motifs is 1. The van der Waals surface area contributed by atoms with E-state index in [1.807, 2.05) is 6.92 Å². The summed E-state index contributed by atoms with van der Waals surface area (Å²) in [5, 5.41) is 0.288. The topological polar surface area (TPSA) is 94.4 Å². The molecule has 2 heterocycles. The third-order valence-electron chi connectivity index (χ3n) is 2.79. The Balaban J connectivity index is 2.37. The summed E-state index contributed by atoms with van der Waals surface area (Å²) in [4.78, 5) is 30.0. The van der Waals surface area contributed by atoms with E-state index >= 15 is 0 Å². The van der Waals surface area contributed by atoms with E-state index in [1.54, 1.807) is 7.11 Å². The summed E-state index contributed by atoms with van der Waals surface area (Å²) in [6.45, 7) is 2.75. The lowest BCUT2D eigenvalue weighted by atomic mass is 10.1. The zero-order chi connectivity index (χ0) is 14.5. The molecular weight excluding hydrogens is 264 g/mol. The van der Waals surface area contributed by atoms with Crippen LogP contribution >= 0.6 is 0 Å². The van der Waals surface area contributed by atoms with Gasteiger partial charge in [-0.15, -0.1) is 0 Å². The molecule has 0 aliphatic carbocycles. The van der Waals surface area contributed by atoms with Crippen molar-refractivity contribution in [2.45, 2.75) is 19.8 Å². The highest BCUT2D eigenvalue weighted by Crippen LogP contribution is 2.13. The van der Waals surface area contributed by atoms with E-state index in [4.69, 9.17) is 13.9 Å². The maximum atomic E-state index is 12.0. The van der Waals surface area contributed by atoms with Crippen molar-refractivity contribution in [3.05, 3.63) is 32.4 Å². The van der Waals surface area contributed by atoms with E-state index in [0.29, 0.717) is 31.6 Å². The van der Waals surface area contributed by atoms with Gasteiger partial charge in [0.2, 0.25) is 5.71 Å². The summed E-state index contributed by atoms with van der Waals surface area (Å²) >= 11 is 0. The van der Waals surface area contributed by atoms with Gasteiger partial charge in [0, 0.05) is 26.2 Å². The number of ether oxygens (including phenoxy) is 2. The second-order valence-electron chi connectivity index (χ2n) is 4.19. The molecule has 2 aromatic heterocycles. The van der Waals surface area contributed by atoms with E-state index < -0.39 is 5.63 Å². The number of rotatable bonds is 6. The minimum Gasteiger partial charge on any atom is -0.465 e. The molecule has 0 fully saturated rings. The molecular formula is C13H16N2O5. The van der Waals surface area contributed by atoms with Gasteiger partial charge in [0.15, 0.2) is 0 Å². The molecule has 0 spiro atoms. The SMILES string of the molecule is CCc1cc(=O)oc2nc(OCCCOC)[nH]c(=O)c12. The molecule has 108 valence electrons. The Kier molecular flexibility index (Phi) is 4.52. The van der Waals surface area contributed by atoms with Crippen LogP contribution in [0.5, 0.6) is 6.01 Å². The summed E-state index contributed by atoms with van der Waals surface area (Å²) in [7, 11) is 1.59. The van der Waals surface area contributed by atoms with Crippen LogP contribution in [0.1, 0.15) is 18.9 Å². The first-order valence-electron chi connectivity index (χ1n) is 6.34. The van der Waals surface area contributed by atoms with Gasteiger partial charge < -0.3 is 13.9 Å². The Bertz CT molecular complexity index is 704. The zero-order valence-corrected chi connectivity index (χ0v) is 11.4. The molecule has 0 saturated carbocycles. The number of aryl methyl sites for hydroxylation is 1. The first kappa shape index (κ1) is 14.3. The van der Waals surface area contributed by atoms with E-state index in [-0.39, 0.29) is 22.7 Å². The number of methoxy groups -OCH3 is 1. The van der Waals surface area contributed by atoms with Gasteiger partial charge >= 0.3 is 5.63 Å². The summed E-state index contributed by atoms with van der Waals surface area (Å²) in [5.41, 5.74) is -0.300. The van der Waals surface area contributed by atoms with Crippen molar-refractivity contribution in [3.8, 4) is 6.01 Å². The third-order valence-corrected chi connectivity index (χ3v) is 2.79. The van der Waals surface area contributed by atoms with Crippen molar-refractivity contribution in [3.63, 3.8) is 0 Å². The molecule has 0 amide bonds. The molecule has 1 N–H and O–H groups in total. The number of hydrogen-bond acceptors (Lipinski definition) is 6. The largest absolute Gasteiger partial charge is 0.465 e. The molecule has 0 atom stereocenters. The van der Waals surface area contributed by atoms with Crippen LogP contribution < -0.4 is 15.9 Å². The van der Waals surface area contributed by atoms with Crippen molar-refractivity contribution in [1.29, 1.82) is 0 Å². The highest BCUT2D eigenvalue weighted by Gasteiger charge is 2.12. The first-order chi connectivity index (χ1) is 9.65. The average Bonchev–Trinajstić information content (AvgIpc) is 2.42. The second kappa shape index (κ2) is 6.33. The third kappa shape index (κ3) is 3.05. The van der Waals surface area contributed by atoms with Crippen molar-refractivity contribution >= 4 is 11.1 Å². The van der Waals surface area contributed by atoms with Gasteiger partial charge in [-0.2, -0.15) is 4.98 Å². The molecule has 0 radical (unpaired) electrons. The highest BCUT2D eigenvalue weighted by atomic mass is 16.5. The Hall–Kier alpha value is -2.15. The van der Waals surface area contributed by atoms with E-state index in [9.17, 15) is 9.59 Å².